The minimum Gasteiger partial charge on any atom is -0.258 e. The van der Waals surface area contributed by atoms with Gasteiger partial charge < -0.3 is 0 Å². The number of nitro groups is 1. The Hall–Kier alpha value is -2.68. The van der Waals surface area contributed by atoms with Gasteiger partial charge in [-0.1, -0.05) is 13.8 Å². The number of aromatic nitrogens is 2. The Morgan fingerprint density at radius 1 is 1.35 bits per heavy atom. The summed E-state index contributed by atoms with van der Waals surface area (Å²) < 4.78 is 1.57. The molecule has 0 fully saturated rings. The molecule has 0 amide bonds. The van der Waals surface area contributed by atoms with Gasteiger partial charge in [-0.2, -0.15) is 10.4 Å². The van der Waals surface area contributed by atoms with Crippen molar-refractivity contribution in [2.24, 2.45) is 0 Å². The Morgan fingerprint density at radius 3 is 2.65 bits per heavy atom. The van der Waals surface area contributed by atoms with E-state index in [-0.39, 0.29) is 5.69 Å². The molecule has 0 atom stereocenters. The first-order valence-electron chi connectivity index (χ1n) is 6.37. The maximum Gasteiger partial charge on any atom is 0.294 e. The molecule has 6 nitrogen and oxygen atoms in total. The van der Waals surface area contributed by atoms with Crippen LogP contribution in [0.5, 0.6) is 0 Å². The molecule has 0 saturated heterocycles. The van der Waals surface area contributed by atoms with Crippen LogP contribution in [0.2, 0.25) is 0 Å². The summed E-state index contributed by atoms with van der Waals surface area (Å²) in [7, 11) is 0. The molecule has 0 spiro atoms. The van der Waals surface area contributed by atoms with E-state index < -0.39 is 4.92 Å². The molecule has 2 aromatic rings. The Balaban J connectivity index is 2.70. The molecule has 6 heteroatoms. The van der Waals surface area contributed by atoms with Crippen molar-refractivity contribution in [3.8, 4) is 11.8 Å². The molecule has 1 aromatic heterocycles. The summed E-state index contributed by atoms with van der Waals surface area (Å²) >= 11 is 0. The lowest BCUT2D eigenvalue weighted by Gasteiger charge is -2.07. The summed E-state index contributed by atoms with van der Waals surface area (Å²) in [6.45, 7) is 3.94. The summed E-state index contributed by atoms with van der Waals surface area (Å²) in [5.74, 6) is 0. The Morgan fingerprint density at radius 2 is 2.10 bits per heavy atom. The fourth-order valence-corrected chi connectivity index (χ4v) is 2.03. The second-order valence-electron chi connectivity index (χ2n) is 4.32. The molecule has 0 radical (unpaired) electrons. The molecule has 20 heavy (non-hydrogen) atoms. The quantitative estimate of drug-likeness (QED) is 0.631. The number of rotatable bonds is 4. The van der Waals surface area contributed by atoms with E-state index in [2.05, 4.69) is 5.10 Å². The highest BCUT2D eigenvalue weighted by molar-refractivity contribution is 5.56. The zero-order valence-electron chi connectivity index (χ0n) is 11.3. The van der Waals surface area contributed by atoms with E-state index in [0.29, 0.717) is 17.7 Å². The van der Waals surface area contributed by atoms with Gasteiger partial charge in [-0.05, 0) is 31.0 Å². The van der Waals surface area contributed by atoms with Crippen LogP contribution in [0.3, 0.4) is 0 Å². The standard InChI is InChI=1S/C14H14N4O2/c1-3-11-8-12(4-2)17(16-11)14-7-10(9-15)5-6-13(14)18(19)20/h5-8H,3-4H2,1-2H3. The molecule has 1 heterocycles. The van der Waals surface area contributed by atoms with Crippen LogP contribution < -0.4 is 0 Å². The molecule has 0 aliphatic rings. The monoisotopic (exact) mass is 270 g/mol. The van der Waals surface area contributed by atoms with Gasteiger partial charge in [0.15, 0.2) is 0 Å². The van der Waals surface area contributed by atoms with Crippen molar-refractivity contribution < 1.29 is 4.92 Å². The van der Waals surface area contributed by atoms with Crippen LogP contribution in [0.1, 0.15) is 30.8 Å². The normalized spacial score (nSPS) is 10.2. The molecule has 0 saturated carbocycles. The zero-order valence-corrected chi connectivity index (χ0v) is 11.3. The maximum atomic E-state index is 11.2. The number of hydrogen-bond acceptors (Lipinski definition) is 4. The number of nitriles is 1. The van der Waals surface area contributed by atoms with Crippen LogP contribution in [-0.2, 0) is 12.8 Å². The van der Waals surface area contributed by atoms with Crippen molar-refractivity contribution in [3.05, 3.63) is 51.3 Å². The van der Waals surface area contributed by atoms with E-state index in [1.54, 1.807) is 4.68 Å². The average molecular weight is 270 g/mol. The predicted octanol–water partition coefficient (Wildman–Crippen LogP) is 2.78. The number of nitro benzene ring substituents is 1. The Bertz CT molecular complexity index is 698. The van der Waals surface area contributed by atoms with E-state index >= 15 is 0 Å². The van der Waals surface area contributed by atoms with Crippen molar-refractivity contribution >= 4 is 5.69 Å². The largest absolute Gasteiger partial charge is 0.294 e. The summed E-state index contributed by atoms with van der Waals surface area (Å²) in [5.41, 5.74) is 2.43. The lowest BCUT2D eigenvalue weighted by Crippen LogP contribution is -2.05. The smallest absolute Gasteiger partial charge is 0.258 e. The van der Waals surface area contributed by atoms with Gasteiger partial charge in [0.1, 0.15) is 5.69 Å². The van der Waals surface area contributed by atoms with Crippen LogP contribution in [0.15, 0.2) is 24.3 Å². The third kappa shape index (κ3) is 2.38. The first-order valence-corrected chi connectivity index (χ1v) is 6.37. The van der Waals surface area contributed by atoms with E-state index in [1.165, 1.54) is 18.2 Å². The summed E-state index contributed by atoms with van der Waals surface area (Å²) in [6, 6.07) is 8.22. The lowest BCUT2D eigenvalue weighted by atomic mass is 10.2. The van der Waals surface area contributed by atoms with Gasteiger partial charge in [0.05, 0.1) is 22.2 Å². The number of benzene rings is 1. The van der Waals surface area contributed by atoms with Crippen LogP contribution in [-0.4, -0.2) is 14.7 Å². The average Bonchev–Trinajstić information content (AvgIpc) is 2.89. The van der Waals surface area contributed by atoms with Crippen LogP contribution in [0.4, 0.5) is 5.69 Å². The fraction of sp³-hybridized carbons (Fsp3) is 0.286. The lowest BCUT2D eigenvalue weighted by molar-refractivity contribution is -0.384. The molecule has 1 aromatic carbocycles. The maximum absolute atomic E-state index is 11.2. The van der Waals surface area contributed by atoms with E-state index in [4.69, 9.17) is 5.26 Å². The fourth-order valence-electron chi connectivity index (χ4n) is 2.03. The van der Waals surface area contributed by atoms with Gasteiger partial charge in [0.25, 0.3) is 5.69 Å². The zero-order chi connectivity index (χ0) is 14.7. The number of aryl methyl sites for hydroxylation is 2. The molecule has 102 valence electrons. The molecular formula is C14H14N4O2. The second kappa shape index (κ2) is 5.53. The van der Waals surface area contributed by atoms with Crippen LogP contribution in [0, 0.1) is 21.4 Å². The molecule has 0 aliphatic heterocycles. The predicted molar refractivity (Wildman–Crippen MR) is 73.7 cm³/mol. The highest BCUT2D eigenvalue weighted by Gasteiger charge is 2.19. The van der Waals surface area contributed by atoms with Crippen molar-refractivity contribution in [2.75, 3.05) is 0 Å². The molecule has 2 rings (SSSR count). The van der Waals surface area contributed by atoms with Gasteiger partial charge in [0.2, 0.25) is 0 Å². The third-order valence-corrected chi connectivity index (χ3v) is 3.09. The van der Waals surface area contributed by atoms with E-state index in [1.807, 2.05) is 26.0 Å². The summed E-state index contributed by atoms with van der Waals surface area (Å²) in [4.78, 5) is 10.7. The molecule has 0 aliphatic carbocycles. The molecule has 0 bridgehead atoms. The van der Waals surface area contributed by atoms with Crippen molar-refractivity contribution in [1.82, 2.24) is 9.78 Å². The second-order valence-corrected chi connectivity index (χ2v) is 4.32. The molecule has 0 N–H and O–H groups in total. The van der Waals surface area contributed by atoms with Gasteiger partial charge in [-0.15, -0.1) is 0 Å². The van der Waals surface area contributed by atoms with Gasteiger partial charge in [-0.3, -0.25) is 10.1 Å². The van der Waals surface area contributed by atoms with E-state index in [9.17, 15) is 10.1 Å². The minimum atomic E-state index is -0.455. The van der Waals surface area contributed by atoms with Crippen molar-refractivity contribution in [2.45, 2.75) is 26.7 Å². The first kappa shape index (κ1) is 13.7. The number of nitrogens with zero attached hydrogens (tertiary/aromatic N) is 4. The molecule has 0 unspecified atom stereocenters. The Labute approximate surface area is 116 Å². The first-order chi connectivity index (χ1) is 9.60. The number of hydrogen-bond donors (Lipinski definition) is 0. The van der Waals surface area contributed by atoms with Crippen molar-refractivity contribution in [3.63, 3.8) is 0 Å². The Kier molecular flexibility index (Phi) is 3.80. The molecular weight excluding hydrogens is 256 g/mol. The van der Waals surface area contributed by atoms with E-state index in [0.717, 1.165) is 17.8 Å². The summed E-state index contributed by atoms with van der Waals surface area (Å²) in [6.07, 6.45) is 1.46. The van der Waals surface area contributed by atoms with Gasteiger partial charge in [0, 0.05) is 11.8 Å². The van der Waals surface area contributed by atoms with Crippen LogP contribution in [0.25, 0.3) is 5.69 Å². The highest BCUT2D eigenvalue weighted by atomic mass is 16.6. The van der Waals surface area contributed by atoms with Gasteiger partial charge in [-0.25, -0.2) is 4.68 Å². The van der Waals surface area contributed by atoms with Gasteiger partial charge >= 0.3 is 0 Å². The summed E-state index contributed by atoms with van der Waals surface area (Å²) in [5, 5.41) is 24.5. The topological polar surface area (TPSA) is 84.8 Å². The highest BCUT2D eigenvalue weighted by Crippen LogP contribution is 2.25. The SMILES string of the molecule is CCc1cc(CC)n(-c2cc(C#N)ccc2[N+](=O)[O-])n1. The minimum absolute atomic E-state index is 0.0514. The third-order valence-electron chi connectivity index (χ3n) is 3.09. The van der Waals surface area contributed by atoms with Crippen molar-refractivity contribution in [1.29, 1.82) is 5.26 Å². The van der Waals surface area contributed by atoms with Crippen LogP contribution >= 0.6 is 0 Å².